The molecular weight excluding hydrogens is 326 g/mol. The number of rotatable bonds is 7. The van der Waals surface area contributed by atoms with Crippen LogP contribution < -0.4 is 10.1 Å². The number of aliphatic hydroxyl groups is 1. The van der Waals surface area contributed by atoms with Gasteiger partial charge in [0.1, 0.15) is 5.75 Å². The Bertz CT molecular complexity index is 917. The third-order valence-corrected chi connectivity index (χ3v) is 4.89. The summed E-state index contributed by atoms with van der Waals surface area (Å²) in [7, 11) is 0. The summed E-state index contributed by atoms with van der Waals surface area (Å²) in [6, 6.07) is 14.5. The fourth-order valence-corrected chi connectivity index (χ4v) is 3.43. The average molecular weight is 349 g/mol. The zero-order valence-corrected chi connectivity index (χ0v) is 14.9. The summed E-state index contributed by atoms with van der Waals surface area (Å²) in [6.45, 7) is 3.54. The first kappa shape index (κ1) is 16.7. The first-order valence-electron chi connectivity index (χ1n) is 8.99. The summed E-state index contributed by atoms with van der Waals surface area (Å²) in [4.78, 5) is 0. The molecule has 26 heavy (non-hydrogen) atoms. The maximum Gasteiger partial charge on any atom is 0.152 e. The van der Waals surface area contributed by atoms with Gasteiger partial charge in [-0.15, -0.1) is 0 Å². The molecular formula is C21H23N3O2. The third kappa shape index (κ3) is 3.06. The lowest BCUT2D eigenvalue weighted by molar-refractivity contribution is 0.233. The van der Waals surface area contributed by atoms with Gasteiger partial charge in [0.2, 0.25) is 0 Å². The van der Waals surface area contributed by atoms with Gasteiger partial charge in [0.15, 0.2) is 5.82 Å². The molecule has 4 rings (SSSR count). The Labute approximate surface area is 153 Å². The van der Waals surface area contributed by atoms with Gasteiger partial charge in [-0.05, 0) is 24.1 Å². The summed E-state index contributed by atoms with van der Waals surface area (Å²) >= 11 is 0. The van der Waals surface area contributed by atoms with Gasteiger partial charge in [0.05, 0.1) is 12.3 Å². The van der Waals surface area contributed by atoms with E-state index in [2.05, 4.69) is 52.8 Å². The van der Waals surface area contributed by atoms with E-state index in [9.17, 15) is 0 Å². The van der Waals surface area contributed by atoms with E-state index >= 15 is 0 Å². The van der Waals surface area contributed by atoms with E-state index in [1.54, 1.807) is 0 Å². The second-order valence-electron chi connectivity index (χ2n) is 6.59. The summed E-state index contributed by atoms with van der Waals surface area (Å²) in [6.07, 6.45) is 1.44. The number of H-pyrrole nitrogens is 1. The molecule has 1 aliphatic rings. The lowest BCUT2D eigenvalue weighted by atomic mass is 10.1. The summed E-state index contributed by atoms with van der Waals surface area (Å²) in [5, 5.41) is 20.1. The number of benzene rings is 2. The molecule has 1 aliphatic carbocycles. The van der Waals surface area contributed by atoms with Crippen LogP contribution in [0.5, 0.6) is 5.75 Å². The molecule has 1 heterocycles. The molecule has 2 aromatic carbocycles. The predicted molar refractivity (Wildman–Crippen MR) is 103 cm³/mol. The van der Waals surface area contributed by atoms with Gasteiger partial charge in [-0.25, -0.2) is 0 Å². The third-order valence-electron chi connectivity index (χ3n) is 4.89. The van der Waals surface area contributed by atoms with Crippen LogP contribution in [-0.4, -0.2) is 28.5 Å². The van der Waals surface area contributed by atoms with Crippen molar-refractivity contribution in [3.63, 3.8) is 0 Å². The largest absolute Gasteiger partial charge is 0.493 e. The fourth-order valence-electron chi connectivity index (χ4n) is 3.43. The van der Waals surface area contributed by atoms with Crippen LogP contribution >= 0.6 is 0 Å². The summed E-state index contributed by atoms with van der Waals surface area (Å²) in [5.74, 6) is 1.80. The molecule has 3 aromatic rings. The Morgan fingerprint density at radius 1 is 1.15 bits per heavy atom. The van der Waals surface area contributed by atoms with E-state index in [0.717, 1.165) is 35.8 Å². The van der Waals surface area contributed by atoms with E-state index in [0.29, 0.717) is 13.0 Å². The van der Waals surface area contributed by atoms with Crippen LogP contribution in [0.3, 0.4) is 0 Å². The molecule has 0 atom stereocenters. The van der Waals surface area contributed by atoms with E-state index in [4.69, 9.17) is 9.84 Å². The van der Waals surface area contributed by atoms with Crippen molar-refractivity contribution >= 4 is 5.82 Å². The minimum absolute atomic E-state index is 0.144. The Hall–Kier alpha value is -2.79. The molecule has 5 nitrogen and oxygen atoms in total. The highest BCUT2D eigenvalue weighted by atomic mass is 16.5. The number of nitrogens with one attached hydrogen (secondary N) is 2. The highest BCUT2D eigenvalue weighted by Crippen LogP contribution is 2.42. The number of aromatic amines is 1. The van der Waals surface area contributed by atoms with Crippen molar-refractivity contribution < 1.29 is 9.84 Å². The van der Waals surface area contributed by atoms with Crippen LogP contribution in [0, 0.1) is 6.92 Å². The SMILES string of the molecule is Cc1ccccc1CNc1n[nH]c2c1Cc1c(OCCCO)cccc1-2. The summed E-state index contributed by atoms with van der Waals surface area (Å²) < 4.78 is 5.86. The normalized spacial score (nSPS) is 11.9. The molecule has 0 amide bonds. The number of nitrogens with zero attached hydrogens (tertiary/aromatic N) is 1. The van der Waals surface area contributed by atoms with Crippen LogP contribution in [0.15, 0.2) is 42.5 Å². The number of hydrogen-bond donors (Lipinski definition) is 3. The van der Waals surface area contributed by atoms with Crippen molar-refractivity contribution in [2.45, 2.75) is 26.3 Å². The number of hydrogen-bond acceptors (Lipinski definition) is 4. The second kappa shape index (κ2) is 7.22. The molecule has 3 N–H and O–H groups in total. The topological polar surface area (TPSA) is 70.2 Å². The van der Waals surface area contributed by atoms with E-state index in [-0.39, 0.29) is 6.61 Å². The quantitative estimate of drug-likeness (QED) is 0.445. The number of aromatic nitrogens is 2. The lowest BCUT2D eigenvalue weighted by Gasteiger charge is -2.11. The van der Waals surface area contributed by atoms with Crippen LogP contribution in [0.4, 0.5) is 5.82 Å². The second-order valence-corrected chi connectivity index (χ2v) is 6.59. The Balaban J connectivity index is 1.53. The molecule has 0 saturated carbocycles. The van der Waals surface area contributed by atoms with Crippen molar-refractivity contribution in [3.05, 3.63) is 64.7 Å². The number of ether oxygens (including phenoxy) is 1. The molecule has 1 aromatic heterocycles. The predicted octanol–water partition coefficient (Wildman–Crippen LogP) is 3.66. The van der Waals surface area contributed by atoms with E-state index < -0.39 is 0 Å². The zero-order chi connectivity index (χ0) is 17.9. The van der Waals surface area contributed by atoms with Crippen molar-refractivity contribution in [1.29, 1.82) is 0 Å². The van der Waals surface area contributed by atoms with Gasteiger partial charge in [0, 0.05) is 42.7 Å². The van der Waals surface area contributed by atoms with E-state index in [1.807, 2.05) is 12.1 Å². The first-order valence-corrected chi connectivity index (χ1v) is 8.99. The standard InChI is InChI=1S/C21H23N3O2/c1-14-6-2-3-7-15(14)13-22-21-18-12-17-16(20(18)23-24-21)8-4-9-19(17)26-11-5-10-25/h2-4,6-9,25H,5,10-13H2,1H3,(H2,22,23,24). The molecule has 0 aliphatic heterocycles. The van der Waals surface area contributed by atoms with Crippen molar-refractivity contribution in [2.24, 2.45) is 0 Å². The van der Waals surface area contributed by atoms with Crippen LogP contribution in [-0.2, 0) is 13.0 Å². The minimum Gasteiger partial charge on any atom is -0.493 e. The zero-order valence-electron chi connectivity index (χ0n) is 14.9. The number of anilines is 1. The van der Waals surface area contributed by atoms with Crippen molar-refractivity contribution in [2.75, 3.05) is 18.5 Å². The maximum absolute atomic E-state index is 8.95. The molecule has 134 valence electrons. The van der Waals surface area contributed by atoms with Crippen LogP contribution in [0.2, 0.25) is 0 Å². The van der Waals surface area contributed by atoms with Gasteiger partial charge in [-0.1, -0.05) is 36.4 Å². The molecule has 0 bridgehead atoms. The van der Waals surface area contributed by atoms with Gasteiger partial charge in [-0.2, -0.15) is 5.10 Å². The van der Waals surface area contributed by atoms with Gasteiger partial charge >= 0.3 is 0 Å². The first-order chi connectivity index (χ1) is 12.8. The molecule has 0 saturated heterocycles. The smallest absolute Gasteiger partial charge is 0.152 e. The minimum atomic E-state index is 0.144. The van der Waals surface area contributed by atoms with Gasteiger partial charge in [-0.3, -0.25) is 5.10 Å². The van der Waals surface area contributed by atoms with E-state index in [1.165, 1.54) is 22.3 Å². The van der Waals surface area contributed by atoms with Gasteiger partial charge in [0.25, 0.3) is 0 Å². The molecule has 0 fully saturated rings. The Morgan fingerprint density at radius 3 is 2.88 bits per heavy atom. The number of aryl methyl sites for hydroxylation is 1. The fraction of sp³-hybridized carbons (Fsp3) is 0.286. The van der Waals surface area contributed by atoms with Crippen molar-refractivity contribution in [1.82, 2.24) is 10.2 Å². The average Bonchev–Trinajstić information content (AvgIpc) is 3.21. The van der Waals surface area contributed by atoms with Crippen LogP contribution in [0.25, 0.3) is 11.3 Å². The highest BCUT2D eigenvalue weighted by Gasteiger charge is 2.27. The number of fused-ring (bicyclic) bond motifs is 3. The highest BCUT2D eigenvalue weighted by molar-refractivity contribution is 5.80. The summed E-state index contributed by atoms with van der Waals surface area (Å²) in [5.41, 5.74) is 7.14. The number of aliphatic hydroxyl groups excluding tert-OH is 1. The Kier molecular flexibility index (Phi) is 4.63. The molecule has 5 heteroatoms. The molecule has 0 spiro atoms. The Morgan fingerprint density at radius 2 is 2.04 bits per heavy atom. The lowest BCUT2D eigenvalue weighted by Crippen LogP contribution is -2.04. The van der Waals surface area contributed by atoms with Crippen LogP contribution in [0.1, 0.15) is 28.7 Å². The van der Waals surface area contributed by atoms with Gasteiger partial charge < -0.3 is 15.2 Å². The molecule has 0 radical (unpaired) electrons. The monoisotopic (exact) mass is 349 g/mol. The maximum atomic E-state index is 8.95. The van der Waals surface area contributed by atoms with Crippen molar-refractivity contribution in [3.8, 4) is 17.0 Å². The molecule has 0 unspecified atom stereocenters.